The number of carbonyl (C=O) groups excluding carboxylic acids is 2. The molecule has 2 heterocycles. The maximum absolute atomic E-state index is 13.1. The molecule has 0 aliphatic carbocycles. The van der Waals surface area contributed by atoms with E-state index in [9.17, 15) is 14.4 Å². The van der Waals surface area contributed by atoms with Crippen molar-refractivity contribution in [1.82, 2.24) is 15.0 Å². The lowest BCUT2D eigenvalue weighted by molar-refractivity contribution is 0.0989. The molecule has 0 amide bonds. The molecule has 0 aliphatic heterocycles. The van der Waals surface area contributed by atoms with Crippen molar-refractivity contribution in [1.29, 1.82) is 0 Å². The second-order valence-electron chi connectivity index (χ2n) is 6.20. The Balaban J connectivity index is 1.99. The molecule has 0 unspecified atom stereocenters. The van der Waals surface area contributed by atoms with Crippen molar-refractivity contribution in [3.63, 3.8) is 0 Å². The Labute approximate surface area is 154 Å². The maximum atomic E-state index is 13.1. The van der Waals surface area contributed by atoms with Crippen molar-refractivity contribution >= 4 is 34.2 Å². The third-order valence-electron chi connectivity index (χ3n) is 4.24. The molecule has 2 aromatic heterocycles. The third kappa shape index (κ3) is 3.22. The quantitative estimate of drug-likeness (QED) is 0.408. The molecule has 0 spiro atoms. The fraction of sp³-hybridized carbons (Fsp3) is 0.263. The van der Waals surface area contributed by atoms with Gasteiger partial charge in [0.25, 0.3) is 0 Å². The summed E-state index contributed by atoms with van der Waals surface area (Å²) in [6.45, 7) is 6.69. The number of H-pyrrole nitrogens is 2. The summed E-state index contributed by atoms with van der Waals surface area (Å²) in [5.74, 6) is -0.268. The van der Waals surface area contributed by atoms with Crippen LogP contribution in [0.3, 0.4) is 0 Å². The smallest absolute Gasteiger partial charge is 0.346 e. The van der Waals surface area contributed by atoms with E-state index >= 15 is 0 Å². The summed E-state index contributed by atoms with van der Waals surface area (Å²) in [5, 5.41) is 0.654. The Hall–Kier alpha value is -2.67. The highest BCUT2D eigenvalue weighted by Crippen LogP contribution is 2.31. The van der Waals surface area contributed by atoms with Crippen LogP contribution in [-0.2, 0) is 0 Å². The molecule has 3 rings (SSSR count). The van der Waals surface area contributed by atoms with Gasteiger partial charge in [-0.2, -0.15) is 4.98 Å². The molecule has 26 heavy (non-hydrogen) atoms. The van der Waals surface area contributed by atoms with E-state index in [4.69, 9.17) is 0 Å². The van der Waals surface area contributed by atoms with Gasteiger partial charge in [-0.25, -0.2) is 4.79 Å². The van der Waals surface area contributed by atoms with Crippen LogP contribution in [0.15, 0.2) is 34.1 Å². The molecule has 0 aliphatic rings. The van der Waals surface area contributed by atoms with Crippen LogP contribution in [0, 0.1) is 13.8 Å². The van der Waals surface area contributed by atoms with E-state index in [2.05, 4.69) is 15.0 Å². The van der Waals surface area contributed by atoms with Gasteiger partial charge in [0.1, 0.15) is 5.03 Å². The zero-order chi connectivity index (χ0) is 19.0. The number of hydrogen-bond acceptors (Lipinski definition) is 5. The summed E-state index contributed by atoms with van der Waals surface area (Å²) in [4.78, 5) is 46.4. The van der Waals surface area contributed by atoms with Crippen LogP contribution in [-0.4, -0.2) is 31.8 Å². The maximum Gasteiger partial charge on any atom is 0.346 e. The van der Waals surface area contributed by atoms with E-state index < -0.39 is 10.9 Å². The van der Waals surface area contributed by atoms with Gasteiger partial charge in [0.05, 0.1) is 10.8 Å². The highest BCUT2D eigenvalue weighted by Gasteiger charge is 2.25. The number of hydrogen-bond donors (Lipinski definition) is 2. The summed E-state index contributed by atoms with van der Waals surface area (Å²) in [5.41, 5.74) is 2.61. The van der Waals surface area contributed by atoms with E-state index in [0.29, 0.717) is 16.8 Å². The lowest BCUT2D eigenvalue weighted by Gasteiger charge is -2.13. The molecule has 1 aromatic carbocycles. The second kappa shape index (κ2) is 6.92. The van der Waals surface area contributed by atoms with Gasteiger partial charge < -0.3 is 9.97 Å². The molecule has 2 N–H and O–H groups in total. The van der Waals surface area contributed by atoms with Crippen LogP contribution in [0.2, 0.25) is 0 Å². The first kappa shape index (κ1) is 18.1. The van der Waals surface area contributed by atoms with Gasteiger partial charge in [-0.1, -0.05) is 30.0 Å². The zero-order valence-corrected chi connectivity index (χ0v) is 15.8. The van der Waals surface area contributed by atoms with Gasteiger partial charge in [0.15, 0.2) is 11.6 Å². The van der Waals surface area contributed by atoms with E-state index in [0.717, 1.165) is 28.4 Å². The van der Waals surface area contributed by atoms with Crippen molar-refractivity contribution in [3.05, 3.63) is 57.3 Å². The topological polar surface area (TPSA) is 95.7 Å². The molecule has 0 saturated heterocycles. The number of para-hydroxylation sites is 1. The van der Waals surface area contributed by atoms with Gasteiger partial charge in [-0.3, -0.25) is 9.59 Å². The number of nitrogens with one attached hydrogen (secondary N) is 2. The lowest BCUT2D eigenvalue weighted by Crippen LogP contribution is -2.20. The number of carbonyl (C=O) groups is 2. The van der Waals surface area contributed by atoms with Crippen molar-refractivity contribution in [2.24, 2.45) is 0 Å². The standard InChI is InChI=1S/C19H19N3O3S/c1-9-15(11(3)23)18(22-19(25)21-9)26-12(4)17(24)16-10(2)20-14-8-6-5-7-13(14)16/h5-8,12,20H,1-4H3,(H,21,22,25)/t12-/m1/s1. The number of fused-ring (bicyclic) bond motifs is 1. The largest absolute Gasteiger partial charge is 0.358 e. The minimum atomic E-state index is -0.530. The Kier molecular flexibility index (Phi) is 4.82. The van der Waals surface area contributed by atoms with Crippen LogP contribution in [0.4, 0.5) is 0 Å². The summed E-state index contributed by atoms with van der Waals surface area (Å²) >= 11 is 1.14. The van der Waals surface area contributed by atoms with Gasteiger partial charge in [-0.05, 0) is 33.8 Å². The van der Waals surface area contributed by atoms with Gasteiger partial charge in [-0.15, -0.1) is 0 Å². The SMILES string of the molecule is CC(=O)c1c(S[C@H](C)C(=O)c2c(C)[nH]c3ccccc23)nc(=O)[nH]c1C. The van der Waals surface area contributed by atoms with Crippen molar-refractivity contribution in [2.45, 2.75) is 38.0 Å². The van der Waals surface area contributed by atoms with Crippen LogP contribution < -0.4 is 5.69 Å². The van der Waals surface area contributed by atoms with Crippen LogP contribution >= 0.6 is 11.8 Å². The van der Waals surface area contributed by atoms with Gasteiger partial charge in [0, 0.05) is 27.9 Å². The summed E-state index contributed by atoms with van der Waals surface area (Å²) in [7, 11) is 0. The first-order valence-electron chi connectivity index (χ1n) is 8.19. The fourth-order valence-corrected chi connectivity index (χ4v) is 4.19. The molecule has 6 nitrogen and oxygen atoms in total. The average molecular weight is 369 g/mol. The van der Waals surface area contributed by atoms with Gasteiger partial charge >= 0.3 is 5.69 Å². The number of ketones is 2. The summed E-state index contributed by atoms with van der Waals surface area (Å²) in [6.07, 6.45) is 0. The second-order valence-corrected chi connectivity index (χ2v) is 7.53. The lowest BCUT2D eigenvalue weighted by atomic mass is 10.1. The molecule has 1 atom stereocenters. The number of rotatable bonds is 5. The first-order chi connectivity index (χ1) is 12.3. The first-order valence-corrected chi connectivity index (χ1v) is 9.07. The summed E-state index contributed by atoms with van der Waals surface area (Å²) < 4.78 is 0. The highest BCUT2D eigenvalue weighted by molar-refractivity contribution is 8.00. The van der Waals surface area contributed by atoms with Crippen molar-refractivity contribution in [3.8, 4) is 0 Å². The molecular weight excluding hydrogens is 350 g/mol. The molecule has 3 aromatic rings. The zero-order valence-electron chi connectivity index (χ0n) is 15.0. The Morgan fingerprint density at radius 2 is 1.73 bits per heavy atom. The minimum absolute atomic E-state index is 0.0702. The van der Waals surface area contributed by atoms with E-state index in [1.54, 1.807) is 13.8 Å². The number of nitrogens with zero attached hydrogens (tertiary/aromatic N) is 1. The van der Waals surface area contributed by atoms with Crippen LogP contribution in [0.5, 0.6) is 0 Å². The van der Waals surface area contributed by atoms with E-state index in [-0.39, 0.29) is 16.6 Å². The molecule has 0 radical (unpaired) electrons. The number of aromatic nitrogens is 3. The van der Waals surface area contributed by atoms with E-state index in [1.807, 2.05) is 31.2 Å². The summed E-state index contributed by atoms with van der Waals surface area (Å²) in [6, 6.07) is 7.62. The molecule has 134 valence electrons. The van der Waals surface area contributed by atoms with Crippen molar-refractivity contribution in [2.75, 3.05) is 0 Å². The number of Topliss-reactive ketones (excluding diaryl/α,β-unsaturated/α-hetero) is 2. The van der Waals surface area contributed by atoms with E-state index in [1.165, 1.54) is 6.92 Å². The number of thioether (sulfide) groups is 1. The molecule has 0 bridgehead atoms. The van der Waals surface area contributed by atoms with Crippen LogP contribution in [0.1, 0.15) is 46.0 Å². The monoisotopic (exact) mass is 369 g/mol. The molecule has 7 heteroatoms. The predicted octanol–water partition coefficient (Wildman–Crippen LogP) is 3.43. The average Bonchev–Trinajstić information content (AvgIpc) is 2.88. The molecule has 0 fully saturated rings. The minimum Gasteiger partial charge on any atom is -0.358 e. The fourth-order valence-electron chi connectivity index (χ4n) is 3.08. The predicted molar refractivity (Wildman–Crippen MR) is 102 cm³/mol. The Morgan fingerprint density at radius 1 is 1.08 bits per heavy atom. The van der Waals surface area contributed by atoms with Gasteiger partial charge in [0.2, 0.25) is 0 Å². The molecule has 0 saturated carbocycles. The van der Waals surface area contributed by atoms with Crippen molar-refractivity contribution < 1.29 is 9.59 Å². The normalized spacial score (nSPS) is 12.3. The molecular formula is C19H19N3O3S. The van der Waals surface area contributed by atoms with Crippen LogP contribution in [0.25, 0.3) is 10.9 Å². The number of benzene rings is 1. The Bertz CT molecular complexity index is 1080. The number of aryl methyl sites for hydroxylation is 2. The highest BCUT2D eigenvalue weighted by atomic mass is 32.2. The number of aromatic amines is 2. The third-order valence-corrected chi connectivity index (χ3v) is 5.32. The Morgan fingerprint density at radius 3 is 2.42 bits per heavy atom.